The summed E-state index contributed by atoms with van der Waals surface area (Å²) in [6, 6.07) is 6.36. The lowest BCUT2D eigenvalue weighted by atomic mass is 10.1. The van der Waals surface area contributed by atoms with Crippen molar-refractivity contribution in [1.29, 1.82) is 0 Å². The van der Waals surface area contributed by atoms with Crippen molar-refractivity contribution in [2.45, 2.75) is 19.9 Å². The Balaban J connectivity index is 3.01. The average molecular weight is 257 g/mol. The van der Waals surface area contributed by atoms with Gasteiger partial charge in [0, 0.05) is 24.1 Å². The molecule has 2 nitrogen and oxygen atoms in total. The molecule has 1 unspecified atom stereocenters. The van der Waals surface area contributed by atoms with E-state index < -0.39 is 0 Å². The van der Waals surface area contributed by atoms with Gasteiger partial charge in [0.1, 0.15) is 0 Å². The molecule has 0 aromatic heterocycles. The number of halogens is 1. The molecule has 0 spiro atoms. The van der Waals surface area contributed by atoms with E-state index in [-0.39, 0.29) is 6.04 Å². The van der Waals surface area contributed by atoms with Crippen molar-refractivity contribution in [3.05, 3.63) is 28.2 Å². The van der Waals surface area contributed by atoms with Gasteiger partial charge in [-0.2, -0.15) is 0 Å². The van der Waals surface area contributed by atoms with Crippen LogP contribution in [0.1, 0.15) is 25.5 Å². The Morgan fingerprint density at radius 1 is 1.50 bits per heavy atom. The topological polar surface area (TPSA) is 29.3 Å². The van der Waals surface area contributed by atoms with Gasteiger partial charge in [-0.15, -0.1) is 0 Å². The largest absolute Gasteiger partial charge is 0.374 e. The number of rotatable bonds is 3. The lowest BCUT2D eigenvalue weighted by Crippen LogP contribution is -2.16. The highest BCUT2D eigenvalue weighted by atomic mass is 79.9. The summed E-state index contributed by atoms with van der Waals surface area (Å²) >= 11 is 3.56. The van der Waals surface area contributed by atoms with Crippen LogP contribution in [0.15, 0.2) is 22.7 Å². The summed E-state index contributed by atoms with van der Waals surface area (Å²) in [5.41, 5.74) is 8.17. The molecule has 14 heavy (non-hydrogen) atoms. The number of hydrogen-bond donors (Lipinski definition) is 1. The monoisotopic (exact) mass is 256 g/mol. The van der Waals surface area contributed by atoms with Crippen molar-refractivity contribution in [3.8, 4) is 0 Å². The van der Waals surface area contributed by atoms with E-state index in [1.54, 1.807) is 0 Å². The minimum Gasteiger partial charge on any atom is -0.374 e. The molecule has 0 aliphatic heterocycles. The minimum atomic E-state index is 0.0901. The van der Waals surface area contributed by atoms with Gasteiger partial charge >= 0.3 is 0 Å². The summed E-state index contributed by atoms with van der Waals surface area (Å²) in [5, 5.41) is 0. The van der Waals surface area contributed by atoms with Crippen molar-refractivity contribution in [3.63, 3.8) is 0 Å². The van der Waals surface area contributed by atoms with Gasteiger partial charge in [-0.25, -0.2) is 0 Å². The highest BCUT2D eigenvalue weighted by Gasteiger charge is 2.06. The van der Waals surface area contributed by atoms with Gasteiger partial charge in [-0.05, 0) is 47.5 Å². The summed E-state index contributed by atoms with van der Waals surface area (Å²) in [4.78, 5) is 2.19. The maximum atomic E-state index is 5.81. The van der Waals surface area contributed by atoms with E-state index in [1.807, 2.05) is 6.92 Å². The van der Waals surface area contributed by atoms with Crippen LogP contribution in [0.2, 0.25) is 0 Å². The lowest BCUT2D eigenvalue weighted by Gasteiger charge is -2.19. The molecule has 1 aromatic carbocycles. The Morgan fingerprint density at radius 3 is 2.57 bits per heavy atom. The normalized spacial score (nSPS) is 12.6. The van der Waals surface area contributed by atoms with E-state index in [0.717, 1.165) is 16.6 Å². The van der Waals surface area contributed by atoms with Crippen LogP contribution in [0.3, 0.4) is 0 Å². The molecular formula is C11H17BrN2. The molecule has 2 N–H and O–H groups in total. The molecule has 0 fully saturated rings. The van der Waals surface area contributed by atoms with Gasteiger partial charge in [-0.3, -0.25) is 0 Å². The minimum absolute atomic E-state index is 0.0901. The van der Waals surface area contributed by atoms with Crippen LogP contribution in [-0.4, -0.2) is 13.6 Å². The fraction of sp³-hybridized carbons (Fsp3) is 0.455. The summed E-state index contributed by atoms with van der Waals surface area (Å²) in [5.74, 6) is 0. The molecule has 0 bridgehead atoms. The second-order valence-electron chi connectivity index (χ2n) is 3.51. The highest BCUT2D eigenvalue weighted by molar-refractivity contribution is 9.10. The van der Waals surface area contributed by atoms with E-state index in [0.29, 0.717) is 0 Å². The van der Waals surface area contributed by atoms with E-state index >= 15 is 0 Å². The predicted molar refractivity (Wildman–Crippen MR) is 65.7 cm³/mol. The Kier molecular flexibility index (Phi) is 3.96. The van der Waals surface area contributed by atoms with Gasteiger partial charge in [0.2, 0.25) is 0 Å². The predicted octanol–water partition coefficient (Wildman–Crippen LogP) is 2.92. The van der Waals surface area contributed by atoms with Crippen molar-refractivity contribution in [1.82, 2.24) is 0 Å². The zero-order valence-corrected chi connectivity index (χ0v) is 10.5. The molecule has 1 rings (SSSR count). The quantitative estimate of drug-likeness (QED) is 0.902. The van der Waals surface area contributed by atoms with Crippen LogP contribution in [-0.2, 0) is 0 Å². The number of nitrogens with two attached hydrogens (primary N) is 1. The van der Waals surface area contributed by atoms with Crippen LogP contribution in [0.5, 0.6) is 0 Å². The van der Waals surface area contributed by atoms with Crippen molar-refractivity contribution in [2.24, 2.45) is 5.73 Å². The molecule has 0 saturated heterocycles. The molecule has 0 saturated carbocycles. The van der Waals surface area contributed by atoms with E-state index in [1.165, 1.54) is 5.69 Å². The Morgan fingerprint density at radius 2 is 2.14 bits per heavy atom. The first-order valence-electron chi connectivity index (χ1n) is 4.82. The Labute approximate surface area is 94.2 Å². The summed E-state index contributed by atoms with van der Waals surface area (Å²) in [7, 11) is 2.08. The number of benzene rings is 1. The number of hydrogen-bond acceptors (Lipinski definition) is 2. The zero-order chi connectivity index (χ0) is 10.7. The lowest BCUT2D eigenvalue weighted by molar-refractivity contribution is 0.816. The number of anilines is 1. The molecule has 0 aliphatic carbocycles. The van der Waals surface area contributed by atoms with Crippen molar-refractivity contribution >= 4 is 21.6 Å². The molecule has 1 aromatic rings. The Bertz CT molecular complexity index is 310. The average Bonchev–Trinajstić information content (AvgIpc) is 2.16. The van der Waals surface area contributed by atoms with Crippen molar-refractivity contribution < 1.29 is 0 Å². The van der Waals surface area contributed by atoms with Crippen molar-refractivity contribution in [2.75, 3.05) is 18.5 Å². The third-order valence-electron chi connectivity index (χ3n) is 2.38. The van der Waals surface area contributed by atoms with Gasteiger partial charge in [0.15, 0.2) is 0 Å². The number of nitrogens with zero attached hydrogens (tertiary/aromatic N) is 1. The standard InChI is InChI=1S/C11H17BrN2/c1-4-14(3)11-6-5-9(8(2)13)7-10(11)12/h5-8H,4,13H2,1-3H3. The van der Waals surface area contributed by atoms with Gasteiger partial charge in [-0.1, -0.05) is 6.07 Å². The first-order valence-corrected chi connectivity index (χ1v) is 5.61. The van der Waals surface area contributed by atoms with Gasteiger partial charge < -0.3 is 10.6 Å². The molecule has 0 amide bonds. The maximum absolute atomic E-state index is 5.81. The van der Waals surface area contributed by atoms with Gasteiger partial charge in [0.05, 0.1) is 5.69 Å². The maximum Gasteiger partial charge on any atom is 0.0508 e. The third-order valence-corrected chi connectivity index (χ3v) is 3.02. The second kappa shape index (κ2) is 4.80. The fourth-order valence-electron chi connectivity index (χ4n) is 1.29. The van der Waals surface area contributed by atoms with Crippen LogP contribution >= 0.6 is 15.9 Å². The first-order chi connectivity index (χ1) is 6.56. The van der Waals surface area contributed by atoms with E-state index in [2.05, 4.69) is 53.0 Å². The van der Waals surface area contributed by atoms with Gasteiger partial charge in [0.25, 0.3) is 0 Å². The summed E-state index contributed by atoms with van der Waals surface area (Å²) in [6.07, 6.45) is 0. The van der Waals surface area contributed by atoms with Crippen LogP contribution in [0.25, 0.3) is 0 Å². The van der Waals surface area contributed by atoms with E-state index in [9.17, 15) is 0 Å². The molecule has 0 aliphatic rings. The smallest absolute Gasteiger partial charge is 0.0508 e. The molecular weight excluding hydrogens is 240 g/mol. The summed E-state index contributed by atoms with van der Waals surface area (Å²) in [6.45, 7) is 5.12. The van der Waals surface area contributed by atoms with Crippen LogP contribution in [0, 0.1) is 0 Å². The molecule has 78 valence electrons. The highest BCUT2D eigenvalue weighted by Crippen LogP contribution is 2.27. The summed E-state index contributed by atoms with van der Waals surface area (Å²) < 4.78 is 1.11. The van der Waals surface area contributed by atoms with E-state index in [4.69, 9.17) is 5.73 Å². The fourth-order valence-corrected chi connectivity index (χ4v) is 1.99. The third kappa shape index (κ3) is 2.49. The zero-order valence-electron chi connectivity index (χ0n) is 8.92. The molecule has 3 heteroatoms. The van der Waals surface area contributed by atoms with Crippen LogP contribution in [0.4, 0.5) is 5.69 Å². The second-order valence-corrected chi connectivity index (χ2v) is 4.37. The molecule has 0 radical (unpaired) electrons. The Hall–Kier alpha value is -0.540. The van der Waals surface area contributed by atoms with Crippen LogP contribution < -0.4 is 10.6 Å². The molecule has 0 heterocycles. The first kappa shape index (κ1) is 11.5. The SMILES string of the molecule is CCN(C)c1ccc(C(C)N)cc1Br. The molecule has 1 atom stereocenters.